The number of aliphatic carboxylic acids is 1. The maximum absolute atomic E-state index is 11.2. The van der Waals surface area contributed by atoms with Crippen molar-refractivity contribution in [3.8, 4) is 17.6 Å². The van der Waals surface area contributed by atoms with Crippen molar-refractivity contribution in [3.05, 3.63) is 66.0 Å². The standard InChI is InChI=1S/C24H28O6/c1-4-29-22(23(25)26)17-19-10-12-20(13-11-19)30-16-7-5-6-14-24(28-3)15-8-9-21(18-24)27-2/h5,7-13,15,22H,4,16-18H2,1-3H3,(H,25,26)/t22-,24?/m0/s1. The minimum Gasteiger partial charge on any atom is -0.501 e. The predicted octanol–water partition coefficient (Wildman–Crippen LogP) is 3.53. The molecular formula is C24H28O6. The normalized spacial score (nSPS) is 19.0. The third-order valence-corrected chi connectivity index (χ3v) is 4.53. The maximum Gasteiger partial charge on any atom is 0.333 e. The van der Waals surface area contributed by atoms with Crippen molar-refractivity contribution in [1.29, 1.82) is 0 Å². The average molecular weight is 412 g/mol. The molecule has 1 aliphatic rings. The topological polar surface area (TPSA) is 74.2 Å². The van der Waals surface area contributed by atoms with Crippen molar-refractivity contribution in [2.24, 2.45) is 0 Å². The molecule has 0 radical (unpaired) electrons. The molecule has 6 heteroatoms. The Morgan fingerprint density at radius 1 is 1.30 bits per heavy atom. The number of carboxylic acids is 1. The lowest BCUT2D eigenvalue weighted by Crippen LogP contribution is -2.29. The number of carbonyl (C=O) groups is 1. The number of methoxy groups -OCH3 is 2. The molecule has 0 fully saturated rings. The molecule has 160 valence electrons. The van der Waals surface area contributed by atoms with Crippen LogP contribution in [0.3, 0.4) is 0 Å². The van der Waals surface area contributed by atoms with E-state index in [9.17, 15) is 4.79 Å². The summed E-state index contributed by atoms with van der Waals surface area (Å²) in [7, 11) is 3.26. The molecule has 0 bridgehead atoms. The van der Waals surface area contributed by atoms with Crippen LogP contribution in [0.25, 0.3) is 0 Å². The molecule has 0 aromatic heterocycles. The minimum absolute atomic E-state index is 0.314. The van der Waals surface area contributed by atoms with Gasteiger partial charge in [-0.15, -0.1) is 0 Å². The van der Waals surface area contributed by atoms with Crippen LogP contribution in [0.1, 0.15) is 18.9 Å². The van der Waals surface area contributed by atoms with E-state index in [-0.39, 0.29) is 0 Å². The van der Waals surface area contributed by atoms with Gasteiger partial charge in [-0.05, 0) is 48.9 Å². The molecule has 0 saturated carbocycles. The Balaban J connectivity index is 1.84. The molecule has 1 aromatic rings. The molecule has 2 atom stereocenters. The van der Waals surface area contributed by atoms with Gasteiger partial charge in [0, 0.05) is 26.6 Å². The molecule has 1 aromatic carbocycles. The molecule has 6 nitrogen and oxygen atoms in total. The van der Waals surface area contributed by atoms with Crippen molar-refractivity contribution >= 4 is 5.97 Å². The smallest absolute Gasteiger partial charge is 0.333 e. The van der Waals surface area contributed by atoms with Gasteiger partial charge in [0.25, 0.3) is 0 Å². The summed E-state index contributed by atoms with van der Waals surface area (Å²) in [4.78, 5) is 11.2. The number of hydrogen-bond donors (Lipinski definition) is 1. The third-order valence-electron chi connectivity index (χ3n) is 4.53. The summed E-state index contributed by atoms with van der Waals surface area (Å²) >= 11 is 0. The molecular weight excluding hydrogens is 384 g/mol. The fourth-order valence-electron chi connectivity index (χ4n) is 2.87. The average Bonchev–Trinajstić information content (AvgIpc) is 2.77. The highest BCUT2D eigenvalue weighted by Crippen LogP contribution is 2.26. The van der Waals surface area contributed by atoms with Crippen LogP contribution in [-0.2, 0) is 25.4 Å². The van der Waals surface area contributed by atoms with Crippen LogP contribution in [0.2, 0.25) is 0 Å². The van der Waals surface area contributed by atoms with Gasteiger partial charge in [-0.3, -0.25) is 0 Å². The Bertz CT molecular complexity index is 841. The first-order valence-electron chi connectivity index (χ1n) is 9.73. The zero-order valence-corrected chi connectivity index (χ0v) is 17.6. The molecule has 0 spiro atoms. The SMILES string of the molecule is CCO[C@@H](Cc1ccc(OCC=CC#CC2(OC)C=CC=C(OC)C2)cc1)C(=O)O. The minimum atomic E-state index is -0.961. The number of hydrogen-bond acceptors (Lipinski definition) is 5. The fourth-order valence-corrected chi connectivity index (χ4v) is 2.87. The fraction of sp³-hybridized carbons (Fsp3) is 0.375. The van der Waals surface area contributed by atoms with Crippen molar-refractivity contribution in [2.45, 2.75) is 31.5 Å². The number of rotatable bonds is 10. The van der Waals surface area contributed by atoms with Crippen LogP contribution in [-0.4, -0.2) is 50.2 Å². The Labute approximate surface area is 177 Å². The van der Waals surface area contributed by atoms with Gasteiger partial charge in [0.1, 0.15) is 12.4 Å². The summed E-state index contributed by atoms with van der Waals surface area (Å²) in [5, 5.41) is 9.16. The lowest BCUT2D eigenvalue weighted by molar-refractivity contribution is -0.149. The van der Waals surface area contributed by atoms with Gasteiger partial charge in [-0.2, -0.15) is 0 Å². The lowest BCUT2D eigenvalue weighted by Gasteiger charge is -2.26. The molecule has 0 aliphatic heterocycles. The van der Waals surface area contributed by atoms with Gasteiger partial charge < -0.3 is 24.1 Å². The van der Waals surface area contributed by atoms with Crippen LogP contribution >= 0.6 is 0 Å². The van der Waals surface area contributed by atoms with E-state index in [0.717, 1.165) is 11.3 Å². The zero-order chi connectivity index (χ0) is 21.8. The lowest BCUT2D eigenvalue weighted by atomic mass is 9.94. The van der Waals surface area contributed by atoms with Gasteiger partial charge in [0.15, 0.2) is 11.7 Å². The van der Waals surface area contributed by atoms with Gasteiger partial charge >= 0.3 is 5.97 Å². The van der Waals surface area contributed by atoms with E-state index >= 15 is 0 Å². The molecule has 0 amide bonds. The molecule has 0 heterocycles. The highest BCUT2D eigenvalue weighted by molar-refractivity contribution is 5.72. The number of carboxylic acid groups (broad SMARTS) is 1. The van der Waals surface area contributed by atoms with E-state index < -0.39 is 17.7 Å². The van der Waals surface area contributed by atoms with Crippen molar-refractivity contribution in [3.63, 3.8) is 0 Å². The van der Waals surface area contributed by atoms with E-state index in [2.05, 4.69) is 11.8 Å². The second-order valence-corrected chi connectivity index (χ2v) is 6.58. The summed E-state index contributed by atoms with van der Waals surface area (Å²) in [6.07, 6.45) is 9.27. The Hall–Kier alpha value is -3.01. The number of allylic oxidation sites excluding steroid dienone is 3. The van der Waals surface area contributed by atoms with E-state index in [4.69, 9.17) is 24.1 Å². The van der Waals surface area contributed by atoms with E-state index in [1.807, 2.05) is 48.6 Å². The molecule has 1 N–H and O–H groups in total. The maximum atomic E-state index is 11.2. The summed E-state index contributed by atoms with van der Waals surface area (Å²) in [6, 6.07) is 7.30. The highest BCUT2D eigenvalue weighted by Gasteiger charge is 2.28. The molecule has 2 rings (SSSR count). The van der Waals surface area contributed by atoms with Crippen molar-refractivity contribution in [1.82, 2.24) is 0 Å². The van der Waals surface area contributed by atoms with Crippen molar-refractivity contribution in [2.75, 3.05) is 27.4 Å². The van der Waals surface area contributed by atoms with Crippen molar-refractivity contribution < 1.29 is 28.8 Å². The summed E-state index contributed by atoms with van der Waals surface area (Å²) in [6.45, 7) is 2.50. The quantitative estimate of drug-likeness (QED) is 0.593. The van der Waals surface area contributed by atoms with Gasteiger partial charge in [-0.25, -0.2) is 4.79 Å². The summed E-state index contributed by atoms with van der Waals surface area (Å²) < 4.78 is 21.7. The number of ether oxygens (including phenoxy) is 4. The van der Waals surface area contributed by atoms with Gasteiger partial charge in [-0.1, -0.05) is 30.0 Å². The number of benzene rings is 1. The Kier molecular flexibility index (Phi) is 9.20. The first kappa shape index (κ1) is 23.3. The van der Waals surface area contributed by atoms with Crippen LogP contribution in [0.4, 0.5) is 0 Å². The molecule has 30 heavy (non-hydrogen) atoms. The third kappa shape index (κ3) is 7.11. The van der Waals surface area contributed by atoms with E-state index in [1.54, 1.807) is 27.2 Å². The second kappa shape index (κ2) is 11.9. The van der Waals surface area contributed by atoms with Gasteiger partial charge in [0.2, 0.25) is 0 Å². The summed E-state index contributed by atoms with van der Waals surface area (Å²) in [5.41, 5.74) is 0.190. The first-order valence-corrected chi connectivity index (χ1v) is 9.73. The Morgan fingerprint density at radius 2 is 2.07 bits per heavy atom. The second-order valence-electron chi connectivity index (χ2n) is 6.58. The van der Waals surface area contributed by atoms with Crippen LogP contribution in [0.5, 0.6) is 5.75 Å². The monoisotopic (exact) mass is 412 g/mol. The first-order chi connectivity index (χ1) is 14.5. The van der Waals surface area contributed by atoms with E-state index in [0.29, 0.717) is 31.8 Å². The molecule has 0 saturated heterocycles. The summed E-state index contributed by atoms with van der Waals surface area (Å²) in [5.74, 6) is 6.65. The van der Waals surface area contributed by atoms with Crippen LogP contribution in [0.15, 0.2) is 60.4 Å². The van der Waals surface area contributed by atoms with Crippen LogP contribution < -0.4 is 4.74 Å². The Morgan fingerprint density at radius 3 is 2.70 bits per heavy atom. The van der Waals surface area contributed by atoms with Crippen LogP contribution in [0, 0.1) is 11.8 Å². The zero-order valence-electron chi connectivity index (χ0n) is 17.6. The largest absolute Gasteiger partial charge is 0.501 e. The van der Waals surface area contributed by atoms with E-state index in [1.165, 1.54) is 0 Å². The molecule has 1 unspecified atom stereocenters. The van der Waals surface area contributed by atoms with Gasteiger partial charge in [0.05, 0.1) is 12.9 Å². The predicted molar refractivity (Wildman–Crippen MR) is 114 cm³/mol. The molecule has 1 aliphatic carbocycles. The highest BCUT2D eigenvalue weighted by atomic mass is 16.5.